The second-order valence-corrected chi connectivity index (χ2v) is 6.01. The van der Waals surface area contributed by atoms with Gasteiger partial charge in [0.25, 0.3) is 0 Å². The molecule has 5 nitrogen and oxygen atoms in total. The molecule has 1 aliphatic rings. The second kappa shape index (κ2) is 9.38. The van der Waals surface area contributed by atoms with Crippen LogP contribution in [0.15, 0.2) is 0 Å². The number of aliphatic hydroxyl groups is 1. The van der Waals surface area contributed by atoms with E-state index in [0.29, 0.717) is 6.04 Å². The van der Waals surface area contributed by atoms with Gasteiger partial charge in [-0.1, -0.05) is 20.8 Å². The van der Waals surface area contributed by atoms with Gasteiger partial charge >= 0.3 is 0 Å². The van der Waals surface area contributed by atoms with Crippen LogP contribution in [0.1, 0.15) is 47.0 Å². The predicted molar refractivity (Wildman–Crippen MR) is 86.3 cm³/mol. The molecule has 124 valence electrons. The maximum atomic E-state index is 12.3. The quantitative estimate of drug-likeness (QED) is 0.704. The molecular formula is C16H33N3O2. The average Bonchev–Trinajstić information content (AvgIpc) is 2.53. The van der Waals surface area contributed by atoms with Gasteiger partial charge in [0.1, 0.15) is 0 Å². The first kappa shape index (κ1) is 18.4. The summed E-state index contributed by atoms with van der Waals surface area (Å²) in [6.45, 7) is 12.2. The number of carbonyl (C=O) groups is 1. The van der Waals surface area contributed by atoms with Crippen molar-refractivity contribution in [3.63, 3.8) is 0 Å². The van der Waals surface area contributed by atoms with Crippen LogP contribution in [0.4, 0.5) is 0 Å². The number of amides is 1. The highest BCUT2D eigenvalue weighted by Gasteiger charge is 2.28. The Kier molecular flexibility index (Phi) is 8.22. The van der Waals surface area contributed by atoms with E-state index in [0.717, 1.165) is 45.4 Å². The molecule has 1 fully saturated rings. The fourth-order valence-corrected chi connectivity index (χ4v) is 2.97. The Hall–Kier alpha value is -0.650. The molecule has 0 aromatic heterocycles. The predicted octanol–water partition coefficient (Wildman–Crippen LogP) is 1.07. The lowest BCUT2D eigenvalue weighted by Gasteiger charge is -2.40. The maximum Gasteiger partial charge on any atom is 0.237 e. The van der Waals surface area contributed by atoms with Gasteiger partial charge in [-0.15, -0.1) is 0 Å². The van der Waals surface area contributed by atoms with Crippen LogP contribution in [0, 0.1) is 0 Å². The fraction of sp³-hybridized carbons (Fsp3) is 0.938. The van der Waals surface area contributed by atoms with Gasteiger partial charge in [-0.25, -0.2) is 0 Å². The molecule has 5 heteroatoms. The molecule has 1 heterocycles. The minimum atomic E-state index is -0.0676. The van der Waals surface area contributed by atoms with Crippen molar-refractivity contribution in [1.29, 1.82) is 0 Å². The van der Waals surface area contributed by atoms with E-state index in [1.807, 2.05) is 6.92 Å². The van der Waals surface area contributed by atoms with Crippen LogP contribution < -0.4 is 5.32 Å². The summed E-state index contributed by atoms with van der Waals surface area (Å²) < 4.78 is 0. The van der Waals surface area contributed by atoms with Crippen LogP contribution >= 0.6 is 0 Å². The monoisotopic (exact) mass is 299 g/mol. The summed E-state index contributed by atoms with van der Waals surface area (Å²) in [4.78, 5) is 16.9. The van der Waals surface area contributed by atoms with E-state index in [9.17, 15) is 9.90 Å². The van der Waals surface area contributed by atoms with Gasteiger partial charge < -0.3 is 10.4 Å². The molecule has 0 bridgehead atoms. The largest absolute Gasteiger partial charge is 0.395 e. The van der Waals surface area contributed by atoms with Crippen molar-refractivity contribution in [2.24, 2.45) is 0 Å². The summed E-state index contributed by atoms with van der Waals surface area (Å²) in [5.41, 5.74) is 0. The van der Waals surface area contributed by atoms with Crippen LogP contribution in [0.3, 0.4) is 0 Å². The molecule has 0 spiro atoms. The standard InChI is InChI=1S/C16H33N3O2/c1-5-14(6-2)17-16(21)13(4)18-8-10-19(11-9-18)15(7-3)12-20/h13-15,20H,5-12H2,1-4H3,(H,17,21). The number of nitrogens with one attached hydrogen (secondary N) is 1. The maximum absolute atomic E-state index is 12.3. The minimum Gasteiger partial charge on any atom is -0.395 e. The highest BCUT2D eigenvalue weighted by Crippen LogP contribution is 2.12. The van der Waals surface area contributed by atoms with Gasteiger partial charge in [0.2, 0.25) is 5.91 Å². The lowest BCUT2D eigenvalue weighted by atomic mass is 10.1. The van der Waals surface area contributed by atoms with Crippen LogP contribution in [0.2, 0.25) is 0 Å². The Morgan fingerprint density at radius 3 is 2.00 bits per heavy atom. The highest BCUT2D eigenvalue weighted by molar-refractivity contribution is 5.81. The summed E-state index contributed by atoms with van der Waals surface area (Å²) in [7, 11) is 0. The summed E-state index contributed by atoms with van der Waals surface area (Å²) in [6, 6.07) is 0.489. The first-order chi connectivity index (χ1) is 10.1. The lowest BCUT2D eigenvalue weighted by Crippen LogP contribution is -2.56. The van der Waals surface area contributed by atoms with Crippen molar-refractivity contribution < 1.29 is 9.90 Å². The molecule has 1 aliphatic heterocycles. The Labute approximate surface area is 129 Å². The second-order valence-electron chi connectivity index (χ2n) is 6.01. The molecule has 0 saturated carbocycles. The van der Waals surface area contributed by atoms with Gasteiger partial charge in [0, 0.05) is 38.3 Å². The molecule has 0 aliphatic carbocycles. The number of carbonyl (C=O) groups excluding carboxylic acids is 1. The highest BCUT2D eigenvalue weighted by atomic mass is 16.3. The summed E-state index contributed by atoms with van der Waals surface area (Å²) >= 11 is 0. The zero-order chi connectivity index (χ0) is 15.8. The van der Waals surface area contributed by atoms with Crippen molar-refractivity contribution >= 4 is 5.91 Å². The molecular weight excluding hydrogens is 266 g/mol. The smallest absolute Gasteiger partial charge is 0.237 e. The van der Waals surface area contributed by atoms with Crippen LogP contribution in [-0.2, 0) is 4.79 Å². The number of rotatable bonds is 8. The van der Waals surface area contributed by atoms with Crippen molar-refractivity contribution in [1.82, 2.24) is 15.1 Å². The molecule has 1 rings (SSSR count). The molecule has 1 amide bonds. The van der Waals surface area contributed by atoms with Crippen molar-refractivity contribution in [3.05, 3.63) is 0 Å². The molecule has 21 heavy (non-hydrogen) atoms. The zero-order valence-corrected chi connectivity index (χ0v) is 14.1. The van der Waals surface area contributed by atoms with Crippen LogP contribution in [0.5, 0.6) is 0 Å². The third-order valence-corrected chi connectivity index (χ3v) is 4.81. The summed E-state index contributed by atoms with van der Waals surface area (Å²) in [5.74, 6) is 0.145. The Balaban J connectivity index is 2.44. The number of hydrogen-bond donors (Lipinski definition) is 2. The van der Waals surface area contributed by atoms with Crippen LogP contribution in [-0.4, -0.2) is 71.7 Å². The van der Waals surface area contributed by atoms with Gasteiger partial charge in [0.15, 0.2) is 0 Å². The first-order valence-electron chi connectivity index (χ1n) is 8.46. The Morgan fingerprint density at radius 2 is 1.57 bits per heavy atom. The van der Waals surface area contributed by atoms with Crippen LogP contribution in [0.25, 0.3) is 0 Å². The van der Waals surface area contributed by atoms with E-state index >= 15 is 0 Å². The Morgan fingerprint density at radius 1 is 1.05 bits per heavy atom. The van der Waals surface area contributed by atoms with E-state index in [1.54, 1.807) is 0 Å². The SMILES string of the molecule is CCC(CC)NC(=O)C(C)N1CCN(C(CC)CO)CC1. The van der Waals surface area contributed by atoms with Gasteiger partial charge in [-0.3, -0.25) is 14.6 Å². The minimum absolute atomic E-state index is 0.0676. The van der Waals surface area contributed by atoms with Gasteiger partial charge in [-0.2, -0.15) is 0 Å². The molecule has 2 unspecified atom stereocenters. The van der Waals surface area contributed by atoms with E-state index in [4.69, 9.17) is 0 Å². The topological polar surface area (TPSA) is 55.8 Å². The molecule has 1 saturated heterocycles. The summed E-state index contributed by atoms with van der Waals surface area (Å²) in [5, 5.41) is 12.5. The van der Waals surface area contributed by atoms with Crippen molar-refractivity contribution in [3.8, 4) is 0 Å². The zero-order valence-electron chi connectivity index (χ0n) is 14.1. The van der Waals surface area contributed by atoms with Crippen molar-refractivity contribution in [2.75, 3.05) is 32.8 Å². The average molecular weight is 299 g/mol. The normalized spacial score (nSPS) is 20.5. The third kappa shape index (κ3) is 5.24. The first-order valence-corrected chi connectivity index (χ1v) is 8.46. The molecule has 2 atom stereocenters. The van der Waals surface area contributed by atoms with E-state index < -0.39 is 0 Å². The fourth-order valence-electron chi connectivity index (χ4n) is 2.97. The number of piperazine rings is 1. The number of aliphatic hydroxyl groups excluding tert-OH is 1. The number of nitrogens with zero attached hydrogens (tertiary/aromatic N) is 2. The Bertz CT molecular complexity index is 296. The van der Waals surface area contributed by atoms with Gasteiger partial charge in [0.05, 0.1) is 12.6 Å². The lowest BCUT2D eigenvalue weighted by molar-refractivity contribution is -0.127. The molecule has 0 radical (unpaired) electrons. The van der Waals surface area contributed by atoms with Gasteiger partial charge in [-0.05, 0) is 26.2 Å². The van der Waals surface area contributed by atoms with E-state index in [-0.39, 0.29) is 24.6 Å². The summed E-state index contributed by atoms with van der Waals surface area (Å²) in [6.07, 6.45) is 2.94. The van der Waals surface area contributed by atoms with E-state index in [1.165, 1.54) is 0 Å². The molecule has 0 aromatic carbocycles. The number of hydrogen-bond acceptors (Lipinski definition) is 4. The molecule has 2 N–H and O–H groups in total. The van der Waals surface area contributed by atoms with E-state index in [2.05, 4.69) is 35.9 Å². The van der Waals surface area contributed by atoms with Crippen molar-refractivity contribution in [2.45, 2.75) is 65.1 Å². The molecule has 0 aromatic rings. The third-order valence-electron chi connectivity index (χ3n) is 4.81.